The Kier molecular flexibility index (Phi) is 3.94. The van der Waals surface area contributed by atoms with Crippen LogP contribution in [-0.2, 0) is 0 Å². The molecule has 94 valence electrons. The molecule has 18 heavy (non-hydrogen) atoms. The number of nitrogens with one attached hydrogen (secondary N) is 1. The molecule has 0 aliphatic carbocycles. The Hall–Kier alpha value is -1.05. The minimum atomic E-state index is -0.213. The molecule has 1 N–H and O–H groups in total. The number of aryl methyl sites for hydroxylation is 1. The SMILES string of the molecule is CC(=O)c1sc(NC(=O)c2ccc(Br)s2)nc1C. The van der Waals surface area contributed by atoms with E-state index >= 15 is 0 Å². The first-order valence-electron chi connectivity index (χ1n) is 5.02. The van der Waals surface area contributed by atoms with Crippen molar-refractivity contribution in [3.05, 3.63) is 31.4 Å². The van der Waals surface area contributed by atoms with Gasteiger partial charge in [0.15, 0.2) is 10.9 Å². The van der Waals surface area contributed by atoms with Gasteiger partial charge in [0, 0.05) is 6.92 Å². The van der Waals surface area contributed by atoms with Gasteiger partial charge in [-0.1, -0.05) is 11.3 Å². The van der Waals surface area contributed by atoms with Crippen molar-refractivity contribution in [2.24, 2.45) is 0 Å². The molecule has 2 rings (SSSR count). The molecule has 2 heterocycles. The predicted octanol–water partition coefficient (Wildman–Crippen LogP) is 3.73. The van der Waals surface area contributed by atoms with Crippen LogP contribution < -0.4 is 5.32 Å². The van der Waals surface area contributed by atoms with E-state index in [-0.39, 0.29) is 11.7 Å². The van der Waals surface area contributed by atoms with E-state index in [2.05, 4.69) is 26.2 Å². The Morgan fingerprint density at radius 3 is 2.56 bits per heavy atom. The van der Waals surface area contributed by atoms with Gasteiger partial charge in [-0.25, -0.2) is 4.98 Å². The number of hydrogen-bond donors (Lipinski definition) is 1. The quantitative estimate of drug-likeness (QED) is 0.863. The average molecular weight is 345 g/mol. The van der Waals surface area contributed by atoms with Crippen LogP contribution in [0.5, 0.6) is 0 Å². The first kappa shape index (κ1) is 13.4. The van der Waals surface area contributed by atoms with Crippen LogP contribution in [0, 0.1) is 6.92 Å². The van der Waals surface area contributed by atoms with E-state index in [1.807, 2.05) is 6.07 Å². The van der Waals surface area contributed by atoms with E-state index < -0.39 is 0 Å². The van der Waals surface area contributed by atoms with Gasteiger partial charge in [0.1, 0.15) is 0 Å². The summed E-state index contributed by atoms with van der Waals surface area (Å²) in [5.74, 6) is -0.251. The molecule has 0 aliphatic heterocycles. The molecular weight excluding hydrogens is 336 g/mol. The second-order valence-electron chi connectivity index (χ2n) is 3.55. The van der Waals surface area contributed by atoms with Crippen LogP contribution in [0.1, 0.15) is 32.0 Å². The van der Waals surface area contributed by atoms with Gasteiger partial charge >= 0.3 is 0 Å². The fourth-order valence-electron chi connectivity index (χ4n) is 1.37. The van der Waals surface area contributed by atoms with Gasteiger partial charge in [0.2, 0.25) is 0 Å². The number of aromatic nitrogens is 1. The first-order chi connectivity index (χ1) is 8.47. The van der Waals surface area contributed by atoms with Crippen molar-refractivity contribution in [2.45, 2.75) is 13.8 Å². The fourth-order valence-corrected chi connectivity index (χ4v) is 3.51. The van der Waals surface area contributed by atoms with Crippen LogP contribution in [-0.4, -0.2) is 16.7 Å². The van der Waals surface area contributed by atoms with Crippen molar-refractivity contribution < 1.29 is 9.59 Å². The summed E-state index contributed by atoms with van der Waals surface area (Å²) in [6.07, 6.45) is 0. The molecular formula is C11H9BrN2O2S2. The van der Waals surface area contributed by atoms with Crippen LogP contribution in [0.3, 0.4) is 0 Å². The fraction of sp³-hybridized carbons (Fsp3) is 0.182. The third kappa shape index (κ3) is 2.85. The van der Waals surface area contributed by atoms with Crippen LogP contribution in [0.15, 0.2) is 15.9 Å². The zero-order valence-electron chi connectivity index (χ0n) is 9.61. The molecule has 0 radical (unpaired) electrons. The van der Waals surface area contributed by atoms with E-state index in [1.54, 1.807) is 13.0 Å². The van der Waals surface area contributed by atoms with E-state index in [0.717, 1.165) is 3.79 Å². The highest BCUT2D eigenvalue weighted by Crippen LogP contribution is 2.26. The van der Waals surface area contributed by atoms with Gasteiger partial charge in [-0.05, 0) is 35.0 Å². The molecule has 0 aromatic carbocycles. The number of carbonyl (C=O) groups excluding carboxylic acids is 2. The van der Waals surface area contributed by atoms with Crippen LogP contribution in [0.2, 0.25) is 0 Å². The maximum absolute atomic E-state index is 11.9. The monoisotopic (exact) mass is 344 g/mol. The van der Waals surface area contributed by atoms with E-state index in [9.17, 15) is 9.59 Å². The summed E-state index contributed by atoms with van der Waals surface area (Å²) in [6.45, 7) is 3.24. The van der Waals surface area contributed by atoms with Gasteiger partial charge in [-0.3, -0.25) is 14.9 Å². The number of nitrogens with zero attached hydrogens (tertiary/aromatic N) is 1. The molecule has 0 saturated carbocycles. The van der Waals surface area contributed by atoms with E-state index in [1.165, 1.54) is 29.6 Å². The lowest BCUT2D eigenvalue weighted by molar-refractivity contribution is 0.101. The molecule has 0 atom stereocenters. The Morgan fingerprint density at radius 2 is 2.06 bits per heavy atom. The number of amides is 1. The second-order valence-corrected chi connectivity index (χ2v) is 7.01. The molecule has 0 fully saturated rings. The van der Waals surface area contributed by atoms with Gasteiger partial charge < -0.3 is 0 Å². The summed E-state index contributed by atoms with van der Waals surface area (Å²) in [7, 11) is 0. The molecule has 0 bridgehead atoms. The van der Waals surface area contributed by atoms with Crippen molar-refractivity contribution in [1.82, 2.24) is 4.98 Å². The molecule has 1 amide bonds. The Bertz CT molecular complexity index is 618. The number of thiazole rings is 1. The van der Waals surface area contributed by atoms with Gasteiger partial charge in [0.05, 0.1) is 19.2 Å². The molecule has 0 unspecified atom stereocenters. The number of Topliss-reactive ketones (excluding diaryl/α,β-unsaturated/α-hetero) is 1. The largest absolute Gasteiger partial charge is 0.297 e. The third-order valence-electron chi connectivity index (χ3n) is 2.13. The van der Waals surface area contributed by atoms with Crippen LogP contribution in [0.25, 0.3) is 0 Å². The lowest BCUT2D eigenvalue weighted by atomic mass is 10.3. The number of hydrogen-bond acceptors (Lipinski definition) is 5. The summed E-state index contributed by atoms with van der Waals surface area (Å²) in [4.78, 5) is 28.5. The topological polar surface area (TPSA) is 59.1 Å². The minimum Gasteiger partial charge on any atom is -0.297 e. The summed E-state index contributed by atoms with van der Waals surface area (Å²) in [6, 6.07) is 3.55. The first-order valence-corrected chi connectivity index (χ1v) is 7.45. The molecule has 7 heteroatoms. The number of carbonyl (C=O) groups is 2. The molecule has 0 saturated heterocycles. The zero-order valence-corrected chi connectivity index (χ0v) is 12.8. The second kappa shape index (κ2) is 5.29. The van der Waals surface area contributed by atoms with Crippen molar-refractivity contribution in [2.75, 3.05) is 5.32 Å². The number of halogens is 1. The summed E-state index contributed by atoms with van der Waals surface area (Å²) < 4.78 is 0.896. The lowest BCUT2D eigenvalue weighted by Crippen LogP contribution is -2.09. The number of ketones is 1. The van der Waals surface area contributed by atoms with Crippen molar-refractivity contribution in [1.29, 1.82) is 0 Å². The molecule has 2 aromatic heterocycles. The summed E-state index contributed by atoms with van der Waals surface area (Å²) in [5, 5.41) is 3.14. The lowest BCUT2D eigenvalue weighted by Gasteiger charge is -1.97. The van der Waals surface area contributed by atoms with Crippen molar-refractivity contribution >= 4 is 55.4 Å². The summed E-state index contributed by atoms with van der Waals surface area (Å²) in [5.41, 5.74) is 0.648. The maximum Gasteiger partial charge on any atom is 0.267 e. The molecule has 0 aliphatic rings. The highest BCUT2D eigenvalue weighted by atomic mass is 79.9. The third-order valence-corrected chi connectivity index (χ3v) is 4.93. The van der Waals surface area contributed by atoms with Crippen LogP contribution in [0.4, 0.5) is 5.13 Å². The van der Waals surface area contributed by atoms with Gasteiger partial charge in [-0.2, -0.15) is 0 Å². The Morgan fingerprint density at radius 1 is 1.33 bits per heavy atom. The molecule has 2 aromatic rings. The zero-order chi connectivity index (χ0) is 13.3. The van der Waals surface area contributed by atoms with Crippen molar-refractivity contribution in [3.63, 3.8) is 0 Å². The smallest absolute Gasteiger partial charge is 0.267 e. The predicted molar refractivity (Wildman–Crippen MR) is 76.8 cm³/mol. The summed E-state index contributed by atoms with van der Waals surface area (Å²) >= 11 is 5.85. The number of thiophene rings is 1. The van der Waals surface area contributed by atoms with E-state index in [4.69, 9.17) is 0 Å². The number of rotatable bonds is 3. The van der Waals surface area contributed by atoms with Crippen LogP contribution >= 0.6 is 38.6 Å². The number of anilines is 1. The molecule has 0 spiro atoms. The highest BCUT2D eigenvalue weighted by molar-refractivity contribution is 9.11. The maximum atomic E-state index is 11.9. The Labute approximate surface area is 120 Å². The van der Waals surface area contributed by atoms with Gasteiger partial charge in [0.25, 0.3) is 5.91 Å². The minimum absolute atomic E-state index is 0.0376. The van der Waals surface area contributed by atoms with E-state index in [0.29, 0.717) is 20.6 Å². The normalized spacial score (nSPS) is 10.4. The average Bonchev–Trinajstić information content (AvgIpc) is 2.85. The Balaban J connectivity index is 2.17. The van der Waals surface area contributed by atoms with Gasteiger partial charge in [-0.15, -0.1) is 11.3 Å². The van der Waals surface area contributed by atoms with Crippen molar-refractivity contribution in [3.8, 4) is 0 Å². The molecule has 4 nitrogen and oxygen atoms in total. The highest BCUT2D eigenvalue weighted by Gasteiger charge is 2.15. The standard InChI is InChI=1S/C11H9BrN2O2S2/c1-5-9(6(2)15)18-11(13-5)14-10(16)7-3-4-8(12)17-7/h3-4H,1-2H3,(H,13,14,16).